The number of hydrogen-bond acceptors (Lipinski definition) is 6. The van der Waals surface area contributed by atoms with E-state index in [4.69, 9.17) is 39.8 Å². The molecule has 0 atom stereocenters. The Morgan fingerprint density at radius 2 is 1.00 bits per heavy atom. The molecule has 6 N–H and O–H groups in total. The second kappa shape index (κ2) is 8.73. The van der Waals surface area contributed by atoms with Gasteiger partial charge in [-0.2, -0.15) is 0 Å². The lowest BCUT2D eigenvalue weighted by atomic mass is 10.1. The van der Waals surface area contributed by atoms with Crippen molar-refractivity contribution in [3.8, 4) is 0 Å². The first kappa shape index (κ1) is 20.0. The highest BCUT2D eigenvalue weighted by atomic mass is 32.3. The molecule has 0 radical (unpaired) electrons. The van der Waals surface area contributed by atoms with Gasteiger partial charge in [0.05, 0.1) is 0 Å². The molecular formula is C16H16N4O4S-2. The zero-order valence-electron chi connectivity index (χ0n) is 13.0. The molecule has 0 saturated carbocycles. The van der Waals surface area contributed by atoms with Gasteiger partial charge in [0.2, 0.25) is 0 Å². The van der Waals surface area contributed by atoms with Crippen LogP contribution in [0, 0.1) is 10.8 Å². The average Bonchev–Trinajstić information content (AvgIpc) is 2.52. The Morgan fingerprint density at radius 3 is 1.20 bits per heavy atom. The summed E-state index contributed by atoms with van der Waals surface area (Å²) in [6.45, 7) is 0. The smallest absolute Gasteiger partial charge is 0.122 e. The minimum atomic E-state index is -5.17. The highest BCUT2D eigenvalue weighted by Crippen LogP contribution is 2.10. The van der Waals surface area contributed by atoms with E-state index in [0.29, 0.717) is 11.1 Å². The molecule has 8 nitrogen and oxygen atoms in total. The van der Waals surface area contributed by atoms with Gasteiger partial charge in [0.1, 0.15) is 11.7 Å². The Hall–Kier alpha value is -3.01. The molecule has 0 amide bonds. The van der Waals surface area contributed by atoms with Crippen molar-refractivity contribution < 1.29 is 17.5 Å². The molecule has 0 spiro atoms. The highest BCUT2D eigenvalue weighted by molar-refractivity contribution is 7.79. The maximum Gasteiger partial charge on any atom is 0.122 e. The fraction of sp³-hybridized carbons (Fsp3) is 0. The van der Waals surface area contributed by atoms with Crippen molar-refractivity contribution in [3.05, 3.63) is 70.8 Å². The van der Waals surface area contributed by atoms with Gasteiger partial charge < -0.3 is 20.6 Å². The van der Waals surface area contributed by atoms with Gasteiger partial charge in [-0.1, -0.05) is 60.7 Å². The predicted octanol–water partition coefficient (Wildman–Crippen LogP) is 1.09. The Kier molecular flexibility index (Phi) is 7.00. The maximum atomic E-state index is 8.52. The van der Waals surface area contributed by atoms with Gasteiger partial charge in [-0.15, -0.1) is 0 Å². The molecule has 2 rings (SSSR count). The van der Waals surface area contributed by atoms with Gasteiger partial charge in [0.15, 0.2) is 0 Å². The van der Waals surface area contributed by atoms with Crippen LogP contribution in [0.2, 0.25) is 0 Å². The standard InChI is InChI=1S/C16H16N4.H2O4S/c17-15(18)13-7-3-11(4-8-13)1-2-12-5-9-14(10-6-12)16(19)20;1-5(2,3)4/h1-10H,(H3,17,18)(H3,19,20);(H2,1,2,3,4)/p-2. The molecule has 0 aliphatic rings. The van der Waals surface area contributed by atoms with Crippen molar-refractivity contribution >= 4 is 34.2 Å². The minimum Gasteiger partial charge on any atom is -0.759 e. The molecule has 2 aromatic rings. The van der Waals surface area contributed by atoms with E-state index in [1.807, 2.05) is 60.7 Å². The largest absolute Gasteiger partial charge is 0.759 e. The summed E-state index contributed by atoms with van der Waals surface area (Å²) in [6, 6.07) is 14.9. The number of hydrogen-bond donors (Lipinski definition) is 4. The topological polar surface area (TPSA) is 180 Å². The van der Waals surface area contributed by atoms with E-state index < -0.39 is 10.4 Å². The fourth-order valence-corrected chi connectivity index (χ4v) is 1.74. The summed E-state index contributed by atoms with van der Waals surface area (Å²) in [4.78, 5) is 0. The molecule has 0 bridgehead atoms. The normalized spacial score (nSPS) is 10.8. The summed E-state index contributed by atoms with van der Waals surface area (Å²) in [7, 11) is -5.17. The van der Waals surface area contributed by atoms with Crippen molar-refractivity contribution in [3.63, 3.8) is 0 Å². The van der Waals surface area contributed by atoms with Crippen LogP contribution in [0.3, 0.4) is 0 Å². The molecule has 0 fully saturated rings. The lowest BCUT2D eigenvalue weighted by Gasteiger charge is -2.06. The van der Waals surface area contributed by atoms with E-state index in [2.05, 4.69) is 0 Å². The van der Waals surface area contributed by atoms with Gasteiger partial charge in [-0.25, -0.2) is 0 Å². The number of nitrogens with two attached hydrogens (primary N) is 2. The molecule has 132 valence electrons. The fourth-order valence-electron chi connectivity index (χ4n) is 1.74. The Labute approximate surface area is 145 Å². The van der Waals surface area contributed by atoms with Crippen LogP contribution >= 0.6 is 0 Å². The van der Waals surface area contributed by atoms with Crippen LogP contribution in [0.1, 0.15) is 22.3 Å². The molecule has 0 aliphatic heterocycles. The van der Waals surface area contributed by atoms with Crippen LogP contribution in [0.5, 0.6) is 0 Å². The predicted molar refractivity (Wildman–Crippen MR) is 94.3 cm³/mol. The van der Waals surface area contributed by atoms with E-state index >= 15 is 0 Å². The van der Waals surface area contributed by atoms with Crippen LogP contribution in [-0.4, -0.2) is 29.2 Å². The van der Waals surface area contributed by atoms with E-state index in [1.165, 1.54) is 0 Å². The molecule has 25 heavy (non-hydrogen) atoms. The van der Waals surface area contributed by atoms with Crippen LogP contribution in [0.4, 0.5) is 0 Å². The SMILES string of the molecule is N=C(N)c1ccc(C=Cc2ccc(C(=N)N)cc2)cc1.O=S(=O)([O-])[O-]. The number of nitrogens with one attached hydrogen (secondary N) is 2. The van der Waals surface area contributed by atoms with Gasteiger partial charge in [-0.3, -0.25) is 19.2 Å². The summed E-state index contributed by atoms with van der Waals surface area (Å²) in [5.41, 5.74) is 14.3. The van der Waals surface area contributed by atoms with Crippen LogP contribution < -0.4 is 11.5 Å². The van der Waals surface area contributed by atoms with Gasteiger partial charge in [-0.05, 0) is 11.1 Å². The van der Waals surface area contributed by atoms with Crippen LogP contribution in [-0.2, 0) is 10.4 Å². The second-order valence-corrected chi connectivity index (χ2v) is 5.63. The van der Waals surface area contributed by atoms with Crippen molar-refractivity contribution in [1.29, 1.82) is 10.8 Å². The summed E-state index contributed by atoms with van der Waals surface area (Å²) in [6.07, 6.45) is 3.96. The van der Waals surface area contributed by atoms with Crippen molar-refractivity contribution in [1.82, 2.24) is 0 Å². The second-order valence-electron chi connectivity index (χ2n) is 4.81. The Bertz CT molecular complexity index is 806. The minimum absolute atomic E-state index is 0.0698. The third kappa shape index (κ3) is 8.42. The summed E-state index contributed by atoms with van der Waals surface area (Å²) >= 11 is 0. The molecule has 0 saturated heterocycles. The number of amidine groups is 2. The van der Waals surface area contributed by atoms with Crippen molar-refractivity contribution in [2.75, 3.05) is 0 Å². The lowest BCUT2D eigenvalue weighted by Crippen LogP contribution is -2.10. The highest BCUT2D eigenvalue weighted by Gasteiger charge is 1.96. The third-order valence-electron chi connectivity index (χ3n) is 2.91. The summed E-state index contributed by atoms with van der Waals surface area (Å²) in [5.74, 6) is 0.140. The third-order valence-corrected chi connectivity index (χ3v) is 2.91. The first-order valence-electron chi connectivity index (χ1n) is 6.80. The number of nitrogen functional groups attached to an aromatic ring is 2. The first-order chi connectivity index (χ1) is 11.6. The summed E-state index contributed by atoms with van der Waals surface area (Å²) < 4.78 is 34.1. The van der Waals surface area contributed by atoms with Gasteiger partial charge in [0, 0.05) is 21.5 Å². The average molecular weight is 360 g/mol. The van der Waals surface area contributed by atoms with Crippen molar-refractivity contribution in [2.45, 2.75) is 0 Å². The zero-order valence-corrected chi connectivity index (χ0v) is 13.8. The molecule has 0 aromatic heterocycles. The quantitative estimate of drug-likeness (QED) is 0.208. The molecule has 2 aromatic carbocycles. The van der Waals surface area contributed by atoms with Crippen LogP contribution in [0.25, 0.3) is 12.2 Å². The van der Waals surface area contributed by atoms with E-state index in [1.54, 1.807) is 0 Å². The Morgan fingerprint density at radius 1 is 0.760 bits per heavy atom. The zero-order chi connectivity index (χ0) is 19.0. The van der Waals surface area contributed by atoms with Gasteiger partial charge >= 0.3 is 0 Å². The molecule has 9 heteroatoms. The molecule has 0 heterocycles. The first-order valence-corrected chi connectivity index (χ1v) is 8.13. The van der Waals surface area contributed by atoms with E-state index in [-0.39, 0.29) is 11.7 Å². The Balaban J connectivity index is 0.000000550. The molecule has 0 aliphatic carbocycles. The number of rotatable bonds is 4. The summed E-state index contributed by atoms with van der Waals surface area (Å²) in [5, 5.41) is 14.7. The maximum absolute atomic E-state index is 8.52. The monoisotopic (exact) mass is 360 g/mol. The lowest BCUT2D eigenvalue weighted by molar-refractivity contribution is 0.352. The number of benzene rings is 2. The van der Waals surface area contributed by atoms with E-state index in [9.17, 15) is 0 Å². The van der Waals surface area contributed by atoms with E-state index in [0.717, 1.165) is 11.1 Å². The van der Waals surface area contributed by atoms with Crippen LogP contribution in [0.15, 0.2) is 48.5 Å². The van der Waals surface area contributed by atoms with Crippen molar-refractivity contribution in [2.24, 2.45) is 11.5 Å². The molecular weight excluding hydrogens is 344 g/mol. The van der Waals surface area contributed by atoms with Gasteiger partial charge in [0.25, 0.3) is 0 Å². The molecule has 0 unspecified atom stereocenters.